The molecular formula is C20H19FN4. The van der Waals surface area contributed by atoms with Gasteiger partial charge in [0.15, 0.2) is 0 Å². The molecule has 0 unspecified atom stereocenters. The van der Waals surface area contributed by atoms with Gasteiger partial charge in [-0.2, -0.15) is 10.5 Å². The Morgan fingerprint density at radius 3 is 1.96 bits per heavy atom. The summed E-state index contributed by atoms with van der Waals surface area (Å²) in [6.45, 7) is 4.96. The van der Waals surface area contributed by atoms with E-state index >= 15 is 0 Å². The van der Waals surface area contributed by atoms with Crippen molar-refractivity contribution in [2.75, 3.05) is 26.2 Å². The van der Waals surface area contributed by atoms with Gasteiger partial charge in [-0.3, -0.25) is 9.80 Å². The van der Waals surface area contributed by atoms with Crippen LogP contribution in [0.25, 0.3) is 0 Å². The number of benzene rings is 2. The molecule has 2 aromatic rings. The molecule has 0 amide bonds. The first-order chi connectivity index (χ1) is 12.2. The Labute approximate surface area is 147 Å². The van der Waals surface area contributed by atoms with Gasteiger partial charge >= 0.3 is 0 Å². The van der Waals surface area contributed by atoms with E-state index in [0.717, 1.165) is 32.7 Å². The van der Waals surface area contributed by atoms with Crippen LogP contribution in [0.5, 0.6) is 0 Å². The van der Waals surface area contributed by atoms with Crippen molar-refractivity contribution in [1.82, 2.24) is 9.80 Å². The van der Waals surface area contributed by atoms with Gasteiger partial charge in [-0.25, -0.2) is 4.39 Å². The molecule has 0 aromatic heterocycles. The van der Waals surface area contributed by atoms with Crippen LogP contribution in [0.1, 0.15) is 22.3 Å². The maximum atomic E-state index is 13.9. The van der Waals surface area contributed by atoms with Gasteiger partial charge in [-0.1, -0.05) is 12.1 Å². The van der Waals surface area contributed by atoms with Gasteiger partial charge in [-0.15, -0.1) is 0 Å². The summed E-state index contributed by atoms with van der Waals surface area (Å²) in [5, 5.41) is 17.8. The first-order valence-electron chi connectivity index (χ1n) is 8.30. The third-order valence-corrected chi connectivity index (χ3v) is 4.52. The monoisotopic (exact) mass is 334 g/mol. The lowest BCUT2D eigenvalue weighted by molar-refractivity contribution is 0.121. The van der Waals surface area contributed by atoms with Crippen LogP contribution in [-0.2, 0) is 13.1 Å². The van der Waals surface area contributed by atoms with E-state index in [-0.39, 0.29) is 5.82 Å². The van der Waals surface area contributed by atoms with Crippen molar-refractivity contribution in [1.29, 1.82) is 10.5 Å². The van der Waals surface area contributed by atoms with Crippen LogP contribution in [0.15, 0.2) is 42.5 Å². The highest BCUT2D eigenvalue weighted by molar-refractivity contribution is 5.34. The zero-order chi connectivity index (χ0) is 17.6. The molecule has 1 fully saturated rings. The average Bonchev–Trinajstić information content (AvgIpc) is 2.66. The fourth-order valence-electron chi connectivity index (χ4n) is 3.05. The van der Waals surface area contributed by atoms with Crippen LogP contribution < -0.4 is 0 Å². The summed E-state index contributed by atoms with van der Waals surface area (Å²) < 4.78 is 13.9. The van der Waals surface area contributed by atoms with Gasteiger partial charge in [0.25, 0.3) is 0 Å². The highest BCUT2D eigenvalue weighted by Crippen LogP contribution is 2.15. The molecular weight excluding hydrogens is 315 g/mol. The van der Waals surface area contributed by atoms with Crippen LogP contribution in [0.2, 0.25) is 0 Å². The van der Waals surface area contributed by atoms with Crippen LogP contribution >= 0.6 is 0 Å². The van der Waals surface area contributed by atoms with E-state index in [9.17, 15) is 4.39 Å². The third kappa shape index (κ3) is 4.42. The highest BCUT2D eigenvalue weighted by atomic mass is 19.1. The van der Waals surface area contributed by atoms with Crippen molar-refractivity contribution in [3.63, 3.8) is 0 Å². The molecule has 0 saturated carbocycles. The number of hydrogen-bond acceptors (Lipinski definition) is 4. The normalized spacial score (nSPS) is 15.5. The van der Waals surface area contributed by atoms with Crippen molar-refractivity contribution in [2.45, 2.75) is 13.1 Å². The van der Waals surface area contributed by atoms with E-state index in [1.54, 1.807) is 6.07 Å². The van der Waals surface area contributed by atoms with Crippen molar-refractivity contribution in [2.24, 2.45) is 0 Å². The smallest absolute Gasteiger partial charge is 0.127 e. The van der Waals surface area contributed by atoms with Gasteiger partial charge in [0.1, 0.15) is 5.82 Å². The van der Waals surface area contributed by atoms with Crippen LogP contribution in [0, 0.1) is 28.5 Å². The number of nitriles is 2. The predicted octanol–water partition coefficient (Wildman–Crippen LogP) is 2.89. The third-order valence-electron chi connectivity index (χ3n) is 4.52. The van der Waals surface area contributed by atoms with E-state index in [2.05, 4.69) is 21.9 Å². The molecule has 126 valence electrons. The Hall–Kier alpha value is -2.73. The highest BCUT2D eigenvalue weighted by Gasteiger charge is 2.18. The van der Waals surface area contributed by atoms with E-state index in [4.69, 9.17) is 10.5 Å². The fraction of sp³-hybridized carbons (Fsp3) is 0.300. The standard InChI is InChI=1S/C20H19FN4/c21-20-6-5-18(13-23)11-19(20)15-25-9-7-24(8-10-25)14-17-3-1-16(12-22)2-4-17/h1-6,11H,7-10,14-15H2. The summed E-state index contributed by atoms with van der Waals surface area (Å²) in [6, 6.07) is 16.4. The summed E-state index contributed by atoms with van der Waals surface area (Å²) >= 11 is 0. The fourth-order valence-corrected chi connectivity index (χ4v) is 3.05. The molecule has 0 aliphatic carbocycles. The van der Waals surface area contributed by atoms with Crippen LogP contribution in [0.4, 0.5) is 4.39 Å². The van der Waals surface area contributed by atoms with Crippen molar-refractivity contribution >= 4 is 0 Å². The van der Waals surface area contributed by atoms with Gasteiger partial charge in [0, 0.05) is 44.8 Å². The van der Waals surface area contributed by atoms with Gasteiger partial charge in [-0.05, 0) is 35.9 Å². The predicted molar refractivity (Wildman–Crippen MR) is 92.8 cm³/mol. The maximum Gasteiger partial charge on any atom is 0.127 e. The van der Waals surface area contributed by atoms with E-state index in [0.29, 0.717) is 23.2 Å². The molecule has 2 aromatic carbocycles. The summed E-state index contributed by atoms with van der Waals surface area (Å²) in [7, 11) is 0. The van der Waals surface area contributed by atoms with Crippen LogP contribution in [-0.4, -0.2) is 36.0 Å². The van der Waals surface area contributed by atoms with Crippen molar-refractivity contribution in [3.05, 3.63) is 70.5 Å². The molecule has 5 heteroatoms. The van der Waals surface area contributed by atoms with Crippen LogP contribution in [0.3, 0.4) is 0 Å². The van der Waals surface area contributed by atoms with Gasteiger partial charge in [0.2, 0.25) is 0 Å². The lowest BCUT2D eigenvalue weighted by Crippen LogP contribution is -2.45. The largest absolute Gasteiger partial charge is 0.297 e. The van der Waals surface area contributed by atoms with Crippen molar-refractivity contribution < 1.29 is 4.39 Å². The Morgan fingerprint density at radius 2 is 1.36 bits per heavy atom. The molecule has 25 heavy (non-hydrogen) atoms. The Kier molecular flexibility index (Phi) is 5.40. The second kappa shape index (κ2) is 7.90. The molecule has 1 heterocycles. The maximum absolute atomic E-state index is 13.9. The van der Waals surface area contributed by atoms with E-state index in [1.807, 2.05) is 24.3 Å². The Balaban J connectivity index is 1.53. The molecule has 3 rings (SSSR count). The van der Waals surface area contributed by atoms with Gasteiger partial charge < -0.3 is 0 Å². The Morgan fingerprint density at radius 1 is 0.800 bits per heavy atom. The van der Waals surface area contributed by atoms with E-state index in [1.165, 1.54) is 17.7 Å². The summed E-state index contributed by atoms with van der Waals surface area (Å²) in [6.07, 6.45) is 0. The number of hydrogen-bond donors (Lipinski definition) is 0. The number of piperazine rings is 1. The zero-order valence-electron chi connectivity index (χ0n) is 14.0. The number of nitrogens with zero attached hydrogens (tertiary/aromatic N) is 4. The molecule has 4 nitrogen and oxygen atoms in total. The lowest BCUT2D eigenvalue weighted by atomic mass is 10.1. The molecule has 0 spiro atoms. The number of rotatable bonds is 4. The second-order valence-corrected chi connectivity index (χ2v) is 6.28. The molecule has 0 bridgehead atoms. The molecule has 1 aliphatic rings. The lowest BCUT2D eigenvalue weighted by Gasteiger charge is -2.34. The minimum absolute atomic E-state index is 0.251. The average molecular weight is 334 g/mol. The summed E-state index contributed by atoms with van der Waals surface area (Å²) in [5.74, 6) is -0.251. The topological polar surface area (TPSA) is 54.1 Å². The molecule has 0 radical (unpaired) electrons. The Bertz CT molecular complexity index is 809. The first-order valence-corrected chi connectivity index (χ1v) is 8.30. The molecule has 1 saturated heterocycles. The zero-order valence-corrected chi connectivity index (χ0v) is 14.0. The SMILES string of the molecule is N#Cc1ccc(CN2CCN(Cc3cc(C#N)ccc3F)CC2)cc1. The quantitative estimate of drug-likeness (QED) is 0.863. The second-order valence-electron chi connectivity index (χ2n) is 6.28. The molecule has 0 atom stereocenters. The van der Waals surface area contributed by atoms with Gasteiger partial charge in [0.05, 0.1) is 23.3 Å². The number of halogens is 1. The summed E-state index contributed by atoms with van der Waals surface area (Å²) in [4.78, 5) is 4.58. The van der Waals surface area contributed by atoms with E-state index < -0.39 is 0 Å². The van der Waals surface area contributed by atoms with Crippen molar-refractivity contribution in [3.8, 4) is 12.1 Å². The first kappa shape index (κ1) is 17.1. The minimum Gasteiger partial charge on any atom is -0.297 e. The molecule has 0 N–H and O–H groups in total. The minimum atomic E-state index is -0.251. The summed E-state index contributed by atoms with van der Waals surface area (Å²) in [5.41, 5.74) is 2.95. The molecule has 1 aliphatic heterocycles.